The molecule has 0 aliphatic carbocycles. The van der Waals surface area contributed by atoms with E-state index < -0.39 is 14.3 Å². The lowest BCUT2D eigenvalue weighted by Crippen LogP contribution is -2.68. The largest absolute Gasteiger partial charge is 0.494 e. The van der Waals surface area contributed by atoms with Crippen molar-refractivity contribution >= 4 is 51.3 Å². The van der Waals surface area contributed by atoms with Gasteiger partial charge in [0.2, 0.25) is 0 Å². The first-order valence-electron chi connectivity index (χ1n) is 13.6. The van der Waals surface area contributed by atoms with Crippen molar-refractivity contribution in [2.75, 3.05) is 45.4 Å². The molecule has 0 bridgehead atoms. The van der Waals surface area contributed by atoms with E-state index in [-0.39, 0.29) is 11.1 Å². The Kier molecular flexibility index (Phi) is 8.28. The Morgan fingerprint density at radius 1 is 1.05 bits per heavy atom. The normalized spacial score (nSPS) is 16.2. The Balaban J connectivity index is 1.51. The van der Waals surface area contributed by atoms with Crippen LogP contribution in [-0.2, 0) is 9.16 Å². The van der Waals surface area contributed by atoms with E-state index >= 15 is 0 Å². The Morgan fingerprint density at radius 3 is 2.27 bits per heavy atom. The van der Waals surface area contributed by atoms with Crippen LogP contribution in [0.25, 0.3) is 10.2 Å². The van der Waals surface area contributed by atoms with Gasteiger partial charge in [-0.25, -0.2) is 9.78 Å². The van der Waals surface area contributed by atoms with Crippen LogP contribution in [0.15, 0.2) is 72.8 Å². The zero-order valence-electron chi connectivity index (χ0n) is 23.8. The van der Waals surface area contributed by atoms with Crippen LogP contribution in [0.5, 0.6) is 5.75 Å². The number of aromatic nitrogens is 1. The van der Waals surface area contributed by atoms with Crippen molar-refractivity contribution in [3.63, 3.8) is 0 Å². The van der Waals surface area contributed by atoms with Crippen LogP contribution >= 0.6 is 11.3 Å². The van der Waals surface area contributed by atoms with Crippen LogP contribution in [0.2, 0.25) is 5.04 Å². The Bertz CT molecular complexity index is 1420. The Morgan fingerprint density at radius 2 is 1.70 bits per heavy atom. The van der Waals surface area contributed by atoms with Gasteiger partial charge in [0, 0.05) is 19.6 Å². The zero-order chi connectivity index (χ0) is 28.3. The summed E-state index contributed by atoms with van der Waals surface area (Å²) < 4.78 is 18.7. The number of nitrogens with zero attached hydrogens (tertiary/aromatic N) is 2. The molecule has 1 aliphatic heterocycles. The minimum absolute atomic E-state index is 0.0852. The fourth-order valence-corrected chi connectivity index (χ4v) is 11.4. The quantitative estimate of drug-likeness (QED) is 0.246. The molecule has 210 valence electrons. The molecule has 1 fully saturated rings. The standard InChI is InChI=1S/C31H37N3O4SSi/c1-31(2,3)40(24-12-8-6-9-13-24,25-14-10-7-11-15-25)38-21-23-20-32-16-17-34(23)30-33-28-26(36-4)18-22(29(35)37-5)19-27(28)39-30/h6-15,18-19,23,32H,16-17,20-21H2,1-5H3. The Hall–Kier alpha value is -3.24. The van der Waals surface area contributed by atoms with Gasteiger partial charge in [0.1, 0.15) is 11.3 Å². The van der Waals surface area contributed by atoms with Crippen molar-refractivity contribution in [3.05, 3.63) is 78.4 Å². The maximum absolute atomic E-state index is 12.3. The third-order valence-corrected chi connectivity index (χ3v) is 13.6. The number of hydrogen-bond acceptors (Lipinski definition) is 8. The third kappa shape index (κ3) is 5.26. The monoisotopic (exact) mass is 575 g/mol. The summed E-state index contributed by atoms with van der Waals surface area (Å²) >= 11 is 1.57. The number of esters is 1. The summed E-state index contributed by atoms with van der Waals surface area (Å²) in [6.45, 7) is 9.91. The number of hydrogen-bond donors (Lipinski definition) is 1. The van der Waals surface area contributed by atoms with Crippen molar-refractivity contribution in [2.24, 2.45) is 0 Å². The summed E-state index contributed by atoms with van der Waals surface area (Å²) in [5.74, 6) is 0.171. The summed E-state index contributed by atoms with van der Waals surface area (Å²) in [6, 6.07) is 25.1. The summed E-state index contributed by atoms with van der Waals surface area (Å²) in [7, 11) is 0.303. The van der Waals surface area contributed by atoms with E-state index in [1.54, 1.807) is 24.5 Å². The molecule has 0 radical (unpaired) electrons. The molecule has 0 saturated carbocycles. The van der Waals surface area contributed by atoms with Crippen LogP contribution in [-0.4, -0.2) is 65.8 Å². The number of anilines is 1. The van der Waals surface area contributed by atoms with Crippen molar-refractivity contribution < 1.29 is 18.7 Å². The number of carbonyl (C=O) groups excluding carboxylic acids is 1. The van der Waals surface area contributed by atoms with Gasteiger partial charge < -0.3 is 24.1 Å². The van der Waals surface area contributed by atoms with Gasteiger partial charge >= 0.3 is 5.97 Å². The van der Waals surface area contributed by atoms with Gasteiger partial charge in [-0.15, -0.1) is 0 Å². The number of piperazine rings is 1. The van der Waals surface area contributed by atoms with Crippen molar-refractivity contribution in [2.45, 2.75) is 31.9 Å². The lowest BCUT2D eigenvalue weighted by Gasteiger charge is -2.45. The highest BCUT2D eigenvalue weighted by atomic mass is 32.1. The maximum atomic E-state index is 12.3. The van der Waals surface area contributed by atoms with Gasteiger partial charge in [-0.2, -0.15) is 0 Å². The minimum Gasteiger partial charge on any atom is -0.494 e. The minimum atomic E-state index is -2.68. The first-order valence-corrected chi connectivity index (χ1v) is 16.3. The van der Waals surface area contributed by atoms with Crippen LogP contribution in [0.1, 0.15) is 31.1 Å². The first-order chi connectivity index (χ1) is 19.3. The number of benzene rings is 3. The molecule has 2 heterocycles. The molecule has 1 saturated heterocycles. The summed E-state index contributed by atoms with van der Waals surface area (Å²) in [5.41, 5.74) is 1.20. The van der Waals surface area contributed by atoms with E-state index in [1.807, 2.05) is 6.07 Å². The van der Waals surface area contributed by atoms with E-state index in [2.05, 4.69) is 91.7 Å². The molecule has 0 spiro atoms. The van der Waals surface area contributed by atoms with Crippen LogP contribution in [0, 0.1) is 0 Å². The Labute approximate surface area is 241 Å². The summed E-state index contributed by atoms with van der Waals surface area (Å²) in [5, 5.41) is 6.89. The van der Waals surface area contributed by atoms with E-state index in [0.29, 0.717) is 17.9 Å². The van der Waals surface area contributed by atoms with Crippen LogP contribution in [0.4, 0.5) is 5.13 Å². The zero-order valence-corrected chi connectivity index (χ0v) is 25.6. The molecule has 1 aliphatic rings. The fourth-order valence-electron chi connectivity index (χ4n) is 5.65. The predicted molar refractivity (Wildman–Crippen MR) is 165 cm³/mol. The smallest absolute Gasteiger partial charge is 0.338 e. The van der Waals surface area contributed by atoms with Crippen molar-refractivity contribution in [1.82, 2.24) is 10.3 Å². The molecule has 9 heteroatoms. The molecule has 1 atom stereocenters. The molecule has 1 aromatic heterocycles. The number of nitrogens with one attached hydrogen (secondary N) is 1. The number of ether oxygens (including phenoxy) is 2. The highest BCUT2D eigenvalue weighted by Gasteiger charge is 2.50. The number of fused-ring (bicyclic) bond motifs is 1. The van der Waals surface area contributed by atoms with Gasteiger partial charge in [-0.3, -0.25) is 0 Å². The summed E-state index contributed by atoms with van der Waals surface area (Å²) in [6.07, 6.45) is 0. The van der Waals surface area contributed by atoms with Gasteiger partial charge in [0.15, 0.2) is 5.13 Å². The van der Waals surface area contributed by atoms with E-state index in [9.17, 15) is 4.79 Å². The lowest BCUT2D eigenvalue weighted by atomic mass is 10.2. The van der Waals surface area contributed by atoms with Crippen LogP contribution < -0.4 is 25.3 Å². The van der Waals surface area contributed by atoms with E-state index in [4.69, 9.17) is 18.9 Å². The predicted octanol–water partition coefficient (Wildman–Crippen LogP) is 4.45. The highest BCUT2D eigenvalue weighted by Crippen LogP contribution is 2.39. The molecule has 4 aromatic rings. The molecule has 1 unspecified atom stereocenters. The second-order valence-electron chi connectivity index (χ2n) is 11.0. The van der Waals surface area contributed by atoms with Crippen LogP contribution in [0.3, 0.4) is 0 Å². The number of carbonyl (C=O) groups is 1. The molecule has 3 aromatic carbocycles. The number of rotatable bonds is 8. The molecule has 1 N–H and O–H groups in total. The van der Waals surface area contributed by atoms with E-state index in [1.165, 1.54) is 17.5 Å². The topological polar surface area (TPSA) is 72.9 Å². The number of methoxy groups -OCH3 is 2. The van der Waals surface area contributed by atoms with Gasteiger partial charge in [-0.05, 0) is 27.5 Å². The van der Waals surface area contributed by atoms with Gasteiger partial charge in [0.05, 0.1) is 37.1 Å². The second kappa shape index (κ2) is 11.7. The second-order valence-corrected chi connectivity index (χ2v) is 16.4. The molecule has 0 amide bonds. The van der Waals surface area contributed by atoms with Gasteiger partial charge in [0.25, 0.3) is 8.32 Å². The molecular weight excluding hydrogens is 539 g/mol. The SMILES string of the molecule is COC(=O)c1cc(OC)c2nc(N3CCNCC3CO[Si](c3ccccc3)(c3ccccc3)C(C)(C)C)sc2c1. The number of thiazole rings is 1. The van der Waals surface area contributed by atoms with E-state index in [0.717, 1.165) is 35.0 Å². The molecule has 5 rings (SSSR count). The van der Waals surface area contributed by atoms with Crippen molar-refractivity contribution in [3.8, 4) is 5.75 Å². The first kappa shape index (κ1) is 28.3. The average molecular weight is 576 g/mol. The fraction of sp³-hybridized carbons (Fsp3) is 0.355. The highest BCUT2D eigenvalue weighted by molar-refractivity contribution is 7.22. The molecule has 40 heavy (non-hydrogen) atoms. The molecular formula is C31H37N3O4SSi. The average Bonchev–Trinajstić information content (AvgIpc) is 3.41. The summed E-state index contributed by atoms with van der Waals surface area (Å²) in [4.78, 5) is 19.6. The van der Waals surface area contributed by atoms with Crippen molar-refractivity contribution in [1.29, 1.82) is 0 Å². The van der Waals surface area contributed by atoms with Gasteiger partial charge in [-0.1, -0.05) is 92.8 Å². The molecule has 7 nitrogen and oxygen atoms in total. The maximum Gasteiger partial charge on any atom is 0.338 e. The lowest BCUT2D eigenvalue weighted by molar-refractivity contribution is 0.0600. The third-order valence-electron chi connectivity index (χ3n) is 7.59.